The van der Waals surface area contributed by atoms with Crippen LogP contribution in [0.4, 0.5) is 0 Å². The number of rotatable bonds is 5. The van der Waals surface area contributed by atoms with Crippen molar-refractivity contribution < 1.29 is 4.74 Å². The van der Waals surface area contributed by atoms with Crippen LogP contribution in [-0.2, 0) is 6.54 Å². The van der Waals surface area contributed by atoms with Gasteiger partial charge in [0, 0.05) is 36.5 Å². The van der Waals surface area contributed by atoms with E-state index in [4.69, 9.17) is 10.5 Å². The van der Waals surface area contributed by atoms with Crippen LogP contribution in [0.1, 0.15) is 43.0 Å². The lowest BCUT2D eigenvalue weighted by molar-refractivity contribution is 0.106. The molecule has 2 heterocycles. The molecule has 0 aromatic carbocycles. The smallest absolute Gasteiger partial charge is 0.128 e. The van der Waals surface area contributed by atoms with Crippen LogP contribution in [0.5, 0.6) is 5.75 Å². The number of ether oxygens (including phenoxy) is 1. The molecule has 4 heteroatoms. The molecule has 1 saturated heterocycles. The molecule has 1 aromatic heterocycles. The molecule has 2 unspecified atom stereocenters. The van der Waals surface area contributed by atoms with Crippen LogP contribution < -0.4 is 10.5 Å². The van der Waals surface area contributed by atoms with E-state index in [0.717, 1.165) is 48.1 Å². The summed E-state index contributed by atoms with van der Waals surface area (Å²) in [7, 11) is 1.73. The molecule has 0 bridgehead atoms. The highest BCUT2D eigenvalue weighted by Gasteiger charge is 2.27. The van der Waals surface area contributed by atoms with Gasteiger partial charge in [-0.25, -0.2) is 0 Å². The Morgan fingerprint density at radius 1 is 1.43 bits per heavy atom. The van der Waals surface area contributed by atoms with Crippen LogP contribution in [0, 0.1) is 19.8 Å². The molecule has 1 aromatic rings. The summed E-state index contributed by atoms with van der Waals surface area (Å²) in [6, 6.07) is 0.484. The van der Waals surface area contributed by atoms with Gasteiger partial charge in [0.15, 0.2) is 0 Å². The zero-order valence-electron chi connectivity index (χ0n) is 13.9. The Labute approximate surface area is 128 Å². The van der Waals surface area contributed by atoms with Crippen molar-refractivity contribution in [2.45, 2.75) is 52.6 Å². The minimum Gasteiger partial charge on any atom is -0.496 e. The predicted molar refractivity (Wildman–Crippen MR) is 86.5 cm³/mol. The van der Waals surface area contributed by atoms with Crippen molar-refractivity contribution in [3.05, 3.63) is 23.0 Å². The molecule has 1 aliphatic heterocycles. The van der Waals surface area contributed by atoms with E-state index in [0.29, 0.717) is 6.04 Å². The number of pyridine rings is 1. The Hall–Kier alpha value is -1.13. The average Bonchev–Trinajstić information content (AvgIpc) is 2.51. The highest BCUT2D eigenvalue weighted by Crippen LogP contribution is 2.29. The summed E-state index contributed by atoms with van der Waals surface area (Å²) < 4.78 is 5.51. The second-order valence-electron chi connectivity index (χ2n) is 6.20. The number of likely N-dealkylation sites (tertiary alicyclic amines) is 1. The number of aromatic nitrogens is 1. The number of nitrogens with zero attached hydrogens (tertiary/aromatic N) is 2. The molecule has 1 fully saturated rings. The van der Waals surface area contributed by atoms with Crippen LogP contribution in [0.15, 0.2) is 6.20 Å². The van der Waals surface area contributed by atoms with Crippen LogP contribution >= 0.6 is 0 Å². The van der Waals surface area contributed by atoms with Crippen LogP contribution in [0.25, 0.3) is 0 Å². The number of hydrogen-bond acceptors (Lipinski definition) is 4. The molecule has 118 valence electrons. The van der Waals surface area contributed by atoms with Crippen LogP contribution in [-0.4, -0.2) is 36.1 Å². The van der Waals surface area contributed by atoms with Gasteiger partial charge in [-0.3, -0.25) is 9.88 Å². The maximum absolute atomic E-state index is 6.00. The average molecular weight is 291 g/mol. The van der Waals surface area contributed by atoms with E-state index in [1.54, 1.807) is 7.11 Å². The van der Waals surface area contributed by atoms with E-state index in [-0.39, 0.29) is 0 Å². The molecule has 0 spiro atoms. The lowest BCUT2D eigenvalue weighted by atomic mass is 9.88. The maximum Gasteiger partial charge on any atom is 0.128 e. The van der Waals surface area contributed by atoms with Gasteiger partial charge < -0.3 is 10.5 Å². The molecule has 0 amide bonds. The number of nitrogens with two attached hydrogens (primary N) is 1. The van der Waals surface area contributed by atoms with E-state index in [2.05, 4.69) is 23.7 Å². The van der Waals surface area contributed by atoms with Gasteiger partial charge in [0.1, 0.15) is 5.75 Å². The molecule has 0 saturated carbocycles. The second kappa shape index (κ2) is 7.23. The van der Waals surface area contributed by atoms with Crippen LogP contribution in [0.3, 0.4) is 0 Å². The van der Waals surface area contributed by atoms with Gasteiger partial charge in [-0.2, -0.15) is 0 Å². The third kappa shape index (κ3) is 3.55. The first-order valence-corrected chi connectivity index (χ1v) is 8.03. The molecular formula is C17H29N3O. The molecule has 0 aliphatic carbocycles. The Balaban J connectivity index is 2.14. The zero-order chi connectivity index (χ0) is 15.4. The minimum atomic E-state index is 0.484. The number of aryl methyl sites for hydroxylation is 1. The largest absolute Gasteiger partial charge is 0.496 e. The predicted octanol–water partition coefficient (Wildman–Crippen LogP) is 2.66. The first-order valence-electron chi connectivity index (χ1n) is 8.03. The Kier molecular flexibility index (Phi) is 5.59. The van der Waals surface area contributed by atoms with Gasteiger partial charge in [-0.1, -0.05) is 13.3 Å². The van der Waals surface area contributed by atoms with Crippen molar-refractivity contribution in [3.8, 4) is 5.75 Å². The summed E-state index contributed by atoms with van der Waals surface area (Å²) in [4.78, 5) is 7.12. The molecule has 21 heavy (non-hydrogen) atoms. The SMILES string of the molecule is CCC1CCN(Cc2ncc(C)c(OC)c2C)C(CN)C1. The van der Waals surface area contributed by atoms with Crippen molar-refractivity contribution in [1.29, 1.82) is 0 Å². The fourth-order valence-corrected chi connectivity index (χ4v) is 3.43. The molecule has 2 rings (SSSR count). The summed E-state index contributed by atoms with van der Waals surface area (Å²) >= 11 is 0. The van der Waals surface area contributed by atoms with E-state index < -0.39 is 0 Å². The zero-order valence-corrected chi connectivity index (χ0v) is 13.9. The lowest BCUT2D eigenvalue weighted by Gasteiger charge is -2.38. The lowest BCUT2D eigenvalue weighted by Crippen LogP contribution is -2.46. The topological polar surface area (TPSA) is 51.4 Å². The van der Waals surface area contributed by atoms with E-state index in [1.807, 2.05) is 13.1 Å². The van der Waals surface area contributed by atoms with Crippen molar-refractivity contribution in [2.24, 2.45) is 11.7 Å². The number of piperidine rings is 1. The van der Waals surface area contributed by atoms with E-state index in [1.165, 1.54) is 19.3 Å². The quantitative estimate of drug-likeness (QED) is 0.906. The molecular weight excluding hydrogens is 262 g/mol. The summed E-state index contributed by atoms with van der Waals surface area (Å²) in [5, 5.41) is 0. The summed E-state index contributed by atoms with van der Waals surface area (Å²) in [6.07, 6.45) is 5.67. The van der Waals surface area contributed by atoms with E-state index in [9.17, 15) is 0 Å². The molecule has 2 N–H and O–H groups in total. The molecule has 2 atom stereocenters. The van der Waals surface area contributed by atoms with Gasteiger partial charge in [-0.15, -0.1) is 0 Å². The first kappa shape index (κ1) is 16.2. The summed E-state index contributed by atoms with van der Waals surface area (Å²) in [5.41, 5.74) is 9.37. The van der Waals surface area contributed by atoms with Crippen LogP contribution in [0.2, 0.25) is 0 Å². The monoisotopic (exact) mass is 291 g/mol. The first-order chi connectivity index (χ1) is 10.1. The fraction of sp³-hybridized carbons (Fsp3) is 0.706. The highest BCUT2D eigenvalue weighted by atomic mass is 16.5. The van der Waals surface area contributed by atoms with Crippen molar-refractivity contribution >= 4 is 0 Å². The highest BCUT2D eigenvalue weighted by molar-refractivity contribution is 5.41. The van der Waals surface area contributed by atoms with Crippen molar-refractivity contribution in [3.63, 3.8) is 0 Å². The fourth-order valence-electron chi connectivity index (χ4n) is 3.43. The minimum absolute atomic E-state index is 0.484. The standard InChI is InChI=1S/C17H29N3O/c1-5-14-6-7-20(15(8-14)9-18)11-16-13(3)17(21-4)12(2)10-19-16/h10,14-15H,5-9,11,18H2,1-4H3. The van der Waals surface area contributed by atoms with Gasteiger partial charge in [0.05, 0.1) is 12.8 Å². The molecule has 0 radical (unpaired) electrons. The van der Waals surface area contributed by atoms with Gasteiger partial charge in [0.25, 0.3) is 0 Å². The summed E-state index contributed by atoms with van der Waals surface area (Å²) in [6.45, 7) is 9.16. The van der Waals surface area contributed by atoms with Crippen molar-refractivity contribution in [1.82, 2.24) is 9.88 Å². The number of methoxy groups -OCH3 is 1. The van der Waals surface area contributed by atoms with Gasteiger partial charge in [-0.05, 0) is 39.2 Å². The Morgan fingerprint density at radius 3 is 2.81 bits per heavy atom. The Bertz CT molecular complexity index is 475. The third-order valence-corrected chi connectivity index (χ3v) is 4.90. The Morgan fingerprint density at radius 2 is 2.19 bits per heavy atom. The normalized spacial score (nSPS) is 23.3. The second-order valence-corrected chi connectivity index (χ2v) is 6.20. The van der Waals surface area contributed by atoms with Gasteiger partial charge >= 0.3 is 0 Å². The van der Waals surface area contributed by atoms with E-state index >= 15 is 0 Å². The summed E-state index contributed by atoms with van der Waals surface area (Å²) in [5.74, 6) is 1.80. The van der Waals surface area contributed by atoms with Crippen molar-refractivity contribution in [2.75, 3.05) is 20.2 Å². The number of hydrogen-bond donors (Lipinski definition) is 1. The molecule has 4 nitrogen and oxygen atoms in total. The third-order valence-electron chi connectivity index (χ3n) is 4.90. The molecule has 1 aliphatic rings. The maximum atomic E-state index is 6.00. The van der Waals surface area contributed by atoms with Gasteiger partial charge in [0.2, 0.25) is 0 Å².